The van der Waals surface area contributed by atoms with Gasteiger partial charge in [0.2, 0.25) is 11.2 Å². The van der Waals surface area contributed by atoms with Crippen LogP contribution < -0.4 is 15.5 Å². The summed E-state index contributed by atoms with van der Waals surface area (Å²) >= 11 is 6.37. The first kappa shape index (κ1) is 20.5. The Kier molecular flexibility index (Phi) is 6.09. The zero-order chi connectivity index (χ0) is 21.1. The summed E-state index contributed by atoms with van der Waals surface area (Å²) in [4.78, 5) is 25.9. The summed E-state index contributed by atoms with van der Waals surface area (Å²) in [5.74, 6) is -0.0192. The van der Waals surface area contributed by atoms with E-state index >= 15 is 0 Å². The van der Waals surface area contributed by atoms with E-state index in [9.17, 15) is 9.59 Å². The van der Waals surface area contributed by atoms with E-state index in [1.165, 1.54) is 6.42 Å². The maximum atomic E-state index is 13.2. The van der Waals surface area contributed by atoms with Gasteiger partial charge in [0.1, 0.15) is 5.58 Å². The van der Waals surface area contributed by atoms with Gasteiger partial charge in [0.15, 0.2) is 11.9 Å². The molecule has 5 nitrogen and oxygen atoms in total. The van der Waals surface area contributed by atoms with Crippen LogP contribution in [0.1, 0.15) is 39.0 Å². The number of hydrogen-bond acceptors (Lipinski definition) is 4. The molecule has 1 saturated carbocycles. The van der Waals surface area contributed by atoms with Gasteiger partial charge >= 0.3 is 0 Å². The van der Waals surface area contributed by atoms with Crippen molar-refractivity contribution in [3.05, 3.63) is 63.8 Å². The molecule has 2 aromatic carbocycles. The molecule has 1 N–H and O–H groups in total. The summed E-state index contributed by atoms with van der Waals surface area (Å²) in [6.45, 7) is 1.64. The van der Waals surface area contributed by atoms with Crippen molar-refractivity contribution in [2.75, 3.05) is 0 Å². The summed E-state index contributed by atoms with van der Waals surface area (Å²) in [7, 11) is 0. The van der Waals surface area contributed by atoms with Gasteiger partial charge in [-0.1, -0.05) is 55.1 Å². The number of carbonyl (C=O) groups excluding carboxylic acids is 1. The normalized spacial score (nSPS) is 15.7. The molecular weight excluding hydrogens is 402 g/mol. The van der Waals surface area contributed by atoms with Gasteiger partial charge in [-0.25, -0.2) is 0 Å². The second-order valence-electron chi connectivity index (χ2n) is 7.67. The van der Waals surface area contributed by atoms with Crippen LogP contribution in [0.15, 0.2) is 57.7 Å². The van der Waals surface area contributed by atoms with Crippen LogP contribution in [0.4, 0.5) is 0 Å². The van der Waals surface area contributed by atoms with E-state index in [0.29, 0.717) is 21.6 Å². The van der Waals surface area contributed by atoms with Crippen LogP contribution in [0.3, 0.4) is 0 Å². The maximum absolute atomic E-state index is 13.2. The number of amides is 1. The zero-order valence-corrected chi connectivity index (χ0v) is 17.6. The van der Waals surface area contributed by atoms with Crippen LogP contribution in [0.25, 0.3) is 22.3 Å². The minimum absolute atomic E-state index is 0.00639. The number of carbonyl (C=O) groups is 1. The SMILES string of the molecule is CC(Oc1c(-c2ccccc2Cl)oc2ccccc2c1=O)C(=O)NC1CCCCC1. The highest BCUT2D eigenvalue weighted by Crippen LogP contribution is 2.35. The molecule has 1 fully saturated rings. The fraction of sp³-hybridized carbons (Fsp3) is 0.333. The highest BCUT2D eigenvalue weighted by Gasteiger charge is 2.25. The average Bonchev–Trinajstić information content (AvgIpc) is 2.76. The molecular formula is C24H24ClNO4. The Bertz CT molecular complexity index is 1120. The molecule has 1 aromatic heterocycles. The van der Waals surface area contributed by atoms with E-state index in [1.54, 1.807) is 55.5 Å². The fourth-order valence-electron chi connectivity index (χ4n) is 3.85. The first-order valence-corrected chi connectivity index (χ1v) is 10.7. The lowest BCUT2D eigenvalue weighted by Gasteiger charge is -2.25. The first-order valence-electron chi connectivity index (χ1n) is 10.3. The molecule has 0 spiro atoms. The third kappa shape index (κ3) is 4.21. The number of rotatable bonds is 5. The maximum Gasteiger partial charge on any atom is 0.261 e. The summed E-state index contributed by atoms with van der Waals surface area (Å²) < 4.78 is 12.0. The van der Waals surface area contributed by atoms with Crippen molar-refractivity contribution in [2.24, 2.45) is 0 Å². The van der Waals surface area contributed by atoms with Crippen molar-refractivity contribution < 1.29 is 13.9 Å². The Hall–Kier alpha value is -2.79. The molecule has 1 unspecified atom stereocenters. The van der Waals surface area contributed by atoms with Gasteiger partial charge in [0.05, 0.1) is 10.4 Å². The molecule has 1 aliphatic carbocycles. The topological polar surface area (TPSA) is 68.5 Å². The average molecular weight is 426 g/mol. The number of nitrogens with one attached hydrogen (secondary N) is 1. The minimum Gasteiger partial charge on any atom is -0.473 e. The molecule has 0 saturated heterocycles. The molecule has 156 valence electrons. The summed E-state index contributed by atoms with van der Waals surface area (Å²) in [6.07, 6.45) is 4.54. The van der Waals surface area contributed by atoms with Crippen molar-refractivity contribution in [3.8, 4) is 17.1 Å². The Morgan fingerprint density at radius 2 is 1.80 bits per heavy atom. The Morgan fingerprint density at radius 3 is 2.57 bits per heavy atom. The molecule has 1 heterocycles. The highest BCUT2D eigenvalue weighted by atomic mass is 35.5. The van der Waals surface area contributed by atoms with Crippen molar-refractivity contribution in [1.29, 1.82) is 0 Å². The first-order chi connectivity index (χ1) is 14.5. The van der Waals surface area contributed by atoms with Gasteiger partial charge < -0.3 is 14.5 Å². The predicted octanol–water partition coefficient (Wildman–Crippen LogP) is 5.33. The largest absolute Gasteiger partial charge is 0.473 e. The van der Waals surface area contributed by atoms with E-state index < -0.39 is 6.10 Å². The van der Waals surface area contributed by atoms with Crippen LogP contribution >= 0.6 is 11.6 Å². The number of benzene rings is 2. The second-order valence-corrected chi connectivity index (χ2v) is 8.08. The lowest BCUT2D eigenvalue weighted by atomic mass is 9.95. The number of ether oxygens (including phenoxy) is 1. The molecule has 4 rings (SSSR count). The lowest BCUT2D eigenvalue weighted by molar-refractivity contribution is -0.128. The van der Waals surface area contributed by atoms with E-state index in [2.05, 4.69) is 5.32 Å². The quantitative estimate of drug-likeness (QED) is 0.599. The lowest BCUT2D eigenvalue weighted by Crippen LogP contribution is -2.43. The number of para-hydroxylation sites is 1. The second kappa shape index (κ2) is 8.92. The van der Waals surface area contributed by atoms with Crippen molar-refractivity contribution in [1.82, 2.24) is 5.32 Å². The third-order valence-corrected chi connectivity index (χ3v) is 5.82. The van der Waals surface area contributed by atoms with Gasteiger partial charge in [-0.3, -0.25) is 9.59 Å². The summed E-state index contributed by atoms with van der Waals surface area (Å²) in [6, 6.07) is 14.2. The number of hydrogen-bond donors (Lipinski definition) is 1. The summed E-state index contributed by atoms with van der Waals surface area (Å²) in [5.41, 5.74) is 0.644. The van der Waals surface area contributed by atoms with Crippen molar-refractivity contribution in [2.45, 2.75) is 51.2 Å². The Morgan fingerprint density at radius 1 is 1.10 bits per heavy atom. The van der Waals surface area contributed by atoms with Gasteiger partial charge in [0.25, 0.3) is 5.91 Å². The van der Waals surface area contributed by atoms with Crippen LogP contribution in [0.5, 0.6) is 5.75 Å². The Balaban J connectivity index is 1.70. The van der Waals surface area contributed by atoms with Crippen LogP contribution in [0.2, 0.25) is 5.02 Å². The van der Waals surface area contributed by atoms with Crippen LogP contribution in [0, 0.1) is 0 Å². The van der Waals surface area contributed by atoms with E-state index in [4.69, 9.17) is 20.8 Å². The van der Waals surface area contributed by atoms with Gasteiger partial charge in [-0.15, -0.1) is 0 Å². The smallest absolute Gasteiger partial charge is 0.261 e. The molecule has 3 aromatic rings. The Labute approximate surface area is 180 Å². The minimum atomic E-state index is -0.850. The molecule has 30 heavy (non-hydrogen) atoms. The van der Waals surface area contributed by atoms with E-state index in [1.807, 2.05) is 0 Å². The third-order valence-electron chi connectivity index (χ3n) is 5.49. The van der Waals surface area contributed by atoms with E-state index in [-0.39, 0.29) is 28.9 Å². The van der Waals surface area contributed by atoms with Gasteiger partial charge in [-0.2, -0.15) is 0 Å². The molecule has 0 aliphatic heterocycles. The molecule has 1 aliphatic rings. The van der Waals surface area contributed by atoms with Crippen molar-refractivity contribution in [3.63, 3.8) is 0 Å². The van der Waals surface area contributed by atoms with Crippen LogP contribution in [-0.4, -0.2) is 18.1 Å². The molecule has 1 amide bonds. The molecule has 6 heteroatoms. The molecule has 0 radical (unpaired) electrons. The number of halogens is 1. The monoisotopic (exact) mass is 425 g/mol. The fourth-order valence-corrected chi connectivity index (χ4v) is 4.07. The molecule has 1 atom stereocenters. The van der Waals surface area contributed by atoms with E-state index in [0.717, 1.165) is 25.7 Å². The summed E-state index contributed by atoms with van der Waals surface area (Å²) in [5, 5.41) is 3.87. The van der Waals surface area contributed by atoms with Crippen LogP contribution in [-0.2, 0) is 4.79 Å². The molecule has 0 bridgehead atoms. The van der Waals surface area contributed by atoms with Gasteiger partial charge in [0, 0.05) is 11.6 Å². The number of fused-ring (bicyclic) bond motifs is 1. The standard InChI is InChI=1S/C24H24ClNO4/c1-15(24(28)26-16-9-3-2-4-10-16)29-23-21(27)18-12-6-8-14-20(18)30-22(23)17-11-5-7-13-19(17)25/h5-8,11-16H,2-4,9-10H2,1H3,(H,26,28). The highest BCUT2D eigenvalue weighted by molar-refractivity contribution is 6.33. The van der Waals surface area contributed by atoms with Gasteiger partial charge in [-0.05, 0) is 44.0 Å². The van der Waals surface area contributed by atoms with Crippen molar-refractivity contribution >= 4 is 28.5 Å². The predicted molar refractivity (Wildman–Crippen MR) is 118 cm³/mol. The zero-order valence-electron chi connectivity index (χ0n) is 16.8.